The number of nitrogens with zero attached hydrogens (tertiary/aromatic N) is 1. The van der Waals surface area contributed by atoms with Gasteiger partial charge < -0.3 is 9.63 Å². The van der Waals surface area contributed by atoms with Crippen molar-refractivity contribution in [3.8, 4) is 0 Å². The number of carboxylic acids is 1. The molecule has 0 radical (unpaired) electrons. The molecule has 0 unspecified atom stereocenters. The van der Waals surface area contributed by atoms with Crippen LogP contribution in [0.4, 0.5) is 0 Å². The summed E-state index contributed by atoms with van der Waals surface area (Å²) in [5, 5.41) is 12.5. The quantitative estimate of drug-likeness (QED) is 0.800. The minimum absolute atomic E-state index is 0.0498. The third-order valence-electron chi connectivity index (χ3n) is 3.28. The highest BCUT2D eigenvalue weighted by molar-refractivity contribution is 5.69. The second-order valence-corrected chi connectivity index (χ2v) is 4.46. The molecule has 1 heterocycles. The zero-order chi connectivity index (χ0) is 11.4. The van der Waals surface area contributed by atoms with Gasteiger partial charge in [-0.2, -0.15) is 0 Å². The topological polar surface area (TPSA) is 63.3 Å². The van der Waals surface area contributed by atoms with E-state index in [4.69, 9.17) is 9.63 Å². The van der Waals surface area contributed by atoms with Crippen molar-refractivity contribution in [1.29, 1.82) is 0 Å². The summed E-state index contributed by atoms with van der Waals surface area (Å²) in [6, 6.07) is 0. The molecule has 16 heavy (non-hydrogen) atoms. The second kappa shape index (κ2) is 5.14. The molecule has 1 fully saturated rings. The molecular weight excluding hydrogens is 206 g/mol. The van der Waals surface area contributed by atoms with Gasteiger partial charge in [0.2, 0.25) is 0 Å². The van der Waals surface area contributed by atoms with Gasteiger partial charge in [-0.15, -0.1) is 0 Å². The van der Waals surface area contributed by atoms with Crippen molar-refractivity contribution < 1.29 is 14.4 Å². The van der Waals surface area contributed by atoms with Crippen molar-refractivity contribution in [2.45, 2.75) is 50.9 Å². The number of aromatic nitrogens is 1. The van der Waals surface area contributed by atoms with Crippen molar-refractivity contribution in [1.82, 2.24) is 5.16 Å². The normalized spacial score (nSPS) is 18.2. The monoisotopic (exact) mass is 223 g/mol. The fourth-order valence-corrected chi connectivity index (χ4v) is 2.47. The van der Waals surface area contributed by atoms with Gasteiger partial charge in [-0.05, 0) is 18.8 Å². The lowest BCUT2D eigenvalue weighted by atomic mass is 9.92. The molecule has 2 rings (SSSR count). The lowest BCUT2D eigenvalue weighted by Gasteiger charge is -2.12. The van der Waals surface area contributed by atoms with Crippen LogP contribution in [0.25, 0.3) is 0 Å². The third kappa shape index (κ3) is 2.62. The average Bonchev–Trinajstić information content (AvgIpc) is 2.53. The largest absolute Gasteiger partial charge is 0.481 e. The Morgan fingerprint density at radius 3 is 2.69 bits per heavy atom. The number of rotatable bonds is 3. The summed E-state index contributed by atoms with van der Waals surface area (Å²) in [4.78, 5) is 10.7. The SMILES string of the molecule is O=C(O)Cc1oncc1C1CCCCCC1. The average molecular weight is 223 g/mol. The molecule has 0 saturated heterocycles. The van der Waals surface area contributed by atoms with Crippen molar-refractivity contribution in [2.75, 3.05) is 0 Å². The molecule has 1 N–H and O–H groups in total. The first-order chi connectivity index (χ1) is 7.77. The van der Waals surface area contributed by atoms with E-state index in [9.17, 15) is 4.79 Å². The number of aliphatic carboxylic acids is 1. The van der Waals surface area contributed by atoms with E-state index in [0.717, 1.165) is 18.4 Å². The second-order valence-electron chi connectivity index (χ2n) is 4.46. The third-order valence-corrected chi connectivity index (χ3v) is 3.28. The molecule has 0 aromatic carbocycles. The van der Waals surface area contributed by atoms with Gasteiger partial charge in [0.05, 0.1) is 6.20 Å². The van der Waals surface area contributed by atoms with Crippen LogP contribution in [0.15, 0.2) is 10.7 Å². The molecule has 1 aliphatic carbocycles. The molecule has 1 aliphatic rings. The van der Waals surface area contributed by atoms with Crippen LogP contribution in [0.1, 0.15) is 55.8 Å². The van der Waals surface area contributed by atoms with Gasteiger partial charge in [-0.3, -0.25) is 4.79 Å². The summed E-state index contributed by atoms with van der Waals surface area (Å²) in [5.41, 5.74) is 1.02. The Bertz CT molecular complexity index is 351. The van der Waals surface area contributed by atoms with Crippen LogP contribution in [-0.4, -0.2) is 16.2 Å². The minimum Gasteiger partial charge on any atom is -0.481 e. The molecular formula is C12H17NO3. The Morgan fingerprint density at radius 1 is 1.38 bits per heavy atom. The molecule has 0 bridgehead atoms. The molecule has 0 atom stereocenters. The van der Waals surface area contributed by atoms with Crippen LogP contribution in [0.2, 0.25) is 0 Å². The van der Waals surface area contributed by atoms with Crippen LogP contribution in [0.5, 0.6) is 0 Å². The number of hydrogen-bond donors (Lipinski definition) is 1. The highest BCUT2D eigenvalue weighted by atomic mass is 16.5. The Balaban J connectivity index is 2.11. The van der Waals surface area contributed by atoms with Gasteiger partial charge >= 0.3 is 5.97 Å². The fraction of sp³-hybridized carbons (Fsp3) is 0.667. The van der Waals surface area contributed by atoms with Crippen LogP contribution in [0.3, 0.4) is 0 Å². The lowest BCUT2D eigenvalue weighted by molar-refractivity contribution is -0.136. The first kappa shape index (κ1) is 11.2. The molecule has 0 aliphatic heterocycles. The van der Waals surface area contributed by atoms with E-state index < -0.39 is 5.97 Å². The Kier molecular flexibility index (Phi) is 3.59. The number of carboxylic acid groups (broad SMARTS) is 1. The Morgan fingerprint density at radius 2 is 2.06 bits per heavy atom. The molecule has 1 saturated carbocycles. The molecule has 4 nitrogen and oxygen atoms in total. The maximum atomic E-state index is 10.7. The summed E-state index contributed by atoms with van der Waals surface area (Å²) >= 11 is 0. The summed E-state index contributed by atoms with van der Waals surface area (Å²) in [6.45, 7) is 0. The van der Waals surface area contributed by atoms with Crippen molar-refractivity contribution in [3.05, 3.63) is 17.5 Å². The number of hydrogen-bond acceptors (Lipinski definition) is 3. The highest BCUT2D eigenvalue weighted by Crippen LogP contribution is 2.33. The van der Waals surface area contributed by atoms with Crippen molar-refractivity contribution in [2.24, 2.45) is 0 Å². The van der Waals surface area contributed by atoms with Crippen LogP contribution in [0, 0.1) is 0 Å². The van der Waals surface area contributed by atoms with E-state index in [1.54, 1.807) is 6.20 Å². The van der Waals surface area contributed by atoms with Crippen molar-refractivity contribution in [3.63, 3.8) is 0 Å². The van der Waals surface area contributed by atoms with Crippen LogP contribution < -0.4 is 0 Å². The van der Waals surface area contributed by atoms with Crippen LogP contribution in [-0.2, 0) is 11.2 Å². The summed E-state index contributed by atoms with van der Waals surface area (Å²) < 4.78 is 5.04. The van der Waals surface area contributed by atoms with E-state index in [-0.39, 0.29) is 6.42 Å². The van der Waals surface area contributed by atoms with Gasteiger partial charge in [0.1, 0.15) is 6.42 Å². The van der Waals surface area contributed by atoms with Gasteiger partial charge in [-0.1, -0.05) is 30.8 Å². The van der Waals surface area contributed by atoms with Gasteiger partial charge in [-0.25, -0.2) is 0 Å². The van der Waals surface area contributed by atoms with E-state index in [1.165, 1.54) is 25.7 Å². The first-order valence-electron chi connectivity index (χ1n) is 5.92. The molecule has 1 aromatic heterocycles. The fourth-order valence-electron chi connectivity index (χ4n) is 2.47. The maximum Gasteiger partial charge on any atom is 0.311 e. The Hall–Kier alpha value is -1.32. The predicted octanol–water partition coefficient (Wildman–Crippen LogP) is 2.74. The van der Waals surface area contributed by atoms with E-state index >= 15 is 0 Å². The summed E-state index contributed by atoms with van der Waals surface area (Å²) in [6.07, 6.45) is 8.94. The standard InChI is InChI=1S/C12H17NO3/c14-12(15)7-11-10(8-13-16-11)9-5-3-1-2-4-6-9/h8-9H,1-7H2,(H,14,15). The van der Waals surface area contributed by atoms with Crippen molar-refractivity contribution >= 4 is 5.97 Å². The maximum absolute atomic E-state index is 10.7. The molecule has 4 heteroatoms. The summed E-state index contributed by atoms with van der Waals surface area (Å²) in [7, 11) is 0. The smallest absolute Gasteiger partial charge is 0.311 e. The first-order valence-corrected chi connectivity index (χ1v) is 5.92. The van der Waals surface area contributed by atoms with Gasteiger partial charge in [0, 0.05) is 5.56 Å². The highest BCUT2D eigenvalue weighted by Gasteiger charge is 2.21. The lowest BCUT2D eigenvalue weighted by Crippen LogP contribution is -2.04. The van der Waals surface area contributed by atoms with Gasteiger partial charge in [0.25, 0.3) is 0 Å². The van der Waals surface area contributed by atoms with Crippen LogP contribution >= 0.6 is 0 Å². The molecule has 0 amide bonds. The zero-order valence-electron chi connectivity index (χ0n) is 9.32. The number of carbonyl (C=O) groups is 1. The molecule has 88 valence electrons. The van der Waals surface area contributed by atoms with E-state index in [2.05, 4.69) is 5.16 Å². The zero-order valence-corrected chi connectivity index (χ0v) is 9.32. The predicted molar refractivity (Wildman–Crippen MR) is 58.3 cm³/mol. The van der Waals surface area contributed by atoms with E-state index in [1.807, 2.05) is 0 Å². The van der Waals surface area contributed by atoms with Gasteiger partial charge in [0.15, 0.2) is 5.76 Å². The summed E-state index contributed by atoms with van der Waals surface area (Å²) in [5.74, 6) is 0.133. The minimum atomic E-state index is -0.855. The van der Waals surface area contributed by atoms with E-state index in [0.29, 0.717) is 11.7 Å². The molecule has 1 aromatic rings. The Labute approximate surface area is 94.6 Å². The molecule has 0 spiro atoms.